The third-order valence-corrected chi connectivity index (χ3v) is 17.7. The number of aliphatic hydroxyl groups is 1. The second-order valence-electron chi connectivity index (χ2n) is 17.2. The number of hydrogen-bond donors (Lipinski definition) is 1. The number of nitro benzene ring substituents is 1. The van der Waals surface area contributed by atoms with Crippen LogP contribution in [0.5, 0.6) is 5.75 Å². The zero-order valence-electron chi connectivity index (χ0n) is 35.3. The van der Waals surface area contributed by atoms with Gasteiger partial charge < -0.3 is 24.4 Å². The minimum absolute atomic E-state index is 0.103. The number of non-ortho nitro benzene ring substituents is 1. The van der Waals surface area contributed by atoms with Gasteiger partial charge in [0, 0.05) is 55.0 Å². The first-order valence-electron chi connectivity index (χ1n) is 21.3. The summed E-state index contributed by atoms with van der Waals surface area (Å²) < 4.78 is 14.6. The van der Waals surface area contributed by atoms with E-state index in [0.29, 0.717) is 42.9 Å². The molecule has 14 heteroatoms. The molecule has 2 amide bonds. The minimum Gasteiger partial charge on any atom is -0.497 e. The summed E-state index contributed by atoms with van der Waals surface area (Å²) >= 11 is 0. The molecule has 3 aliphatic rings. The molecule has 0 radical (unpaired) electrons. The van der Waals surface area contributed by atoms with E-state index in [0.717, 1.165) is 48.2 Å². The molecule has 8 rings (SSSR count). The van der Waals surface area contributed by atoms with Crippen LogP contribution in [-0.2, 0) is 33.0 Å². The molecule has 4 heterocycles. The summed E-state index contributed by atoms with van der Waals surface area (Å²) in [5.74, 6) is -0.121. The SMILES string of the molecule is COc1ccc([Si](C)(C)[C@H]2[C@H](CCn3cc(C(CO)c4ccccc4)nn3)O[C@@]3(C(=O)N(Cc4cccc(N5CCCCCCC5=O)c4)c4ccc([N+](=O)[O-])cc43)[C@@H]2C)cc1. The molecule has 1 spiro atoms. The molecule has 1 unspecified atom stereocenters. The average molecular weight is 843 g/mol. The third-order valence-electron chi connectivity index (χ3n) is 13.4. The number of methoxy groups -OCH3 is 1. The van der Waals surface area contributed by atoms with E-state index in [-0.39, 0.29) is 48.0 Å². The minimum atomic E-state index is -2.53. The molecule has 0 saturated carbocycles. The Hall–Kier alpha value is -5.70. The molecule has 5 aromatic rings. The van der Waals surface area contributed by atoms with Crippen LogP contribution < -0.4 is 19.7 Å². The highest BCUT2D eigenvalue weighted by molar-refractivity contribution is 6.91. The van der Waals surface area contributed by atoms with Crippen molar-refractivity contribution in [1.29, 1.82) is 0 Å². The number of anilines is 2. The lowest BCUT2D eigenvalue weighted by atomic mass is 9.82. The van der Waals surface area contributed by atoms with Crippen molar-refractivity contribution in [2.45, 2.75) is 94.8 Å². The quantitative estimate of drug-likeness (QED) is 0.0723. The Morgan fingerprint density at radius 3 is 2.49 bits per heavy atom. The van der Waals surface area contributed by atoms with Gasteiger partial charge in [0.2, 0.25) is 5.91 Å². The van der Waals surface area contributed by atoms with Gasteiger partial charge in [-0.1, -0.05) is 97.9 Å². The van der Waals surface area contributed by atoms with Gasteiger partial charge in [-0.3, -0.25) is 24.4 Å². The summed E-state index contributed by atoms with van der Waals surface area (Å²) in [4.78, 5) is 44.2. The lowest BCUT2D eigenvalue weighted by Gasteiger charge is -2.37. The highest BCUT2D eigenvalue weighted by atomic mass is 28.3. The molecule has 4 aromatic carbocycles. The Labute approximate surface area is 357 Å². The van der Waals surface area contributed by atoms with Crippen LogP contribution in [0.1, 0.15) is 73.8 Å². The summed E-state index contributed by atoms with van der Waals surface area (Å²) in [7, 11) is -0.886. The standard InChI is InChI=1S/C47H54N6O7Si/c1-32-45(61(3,4)38-21-19-37(59-2)20-22-38)43(24-26-50-30-41(48-49-50)39(31-54)34-14-8-7-9-15-34)60-47(32)40-28-36(53(57)58)18-23-42(40)52(46(47)56)29-33-13-12-16-35(27-33)51-25-11-6-5-10-17-44(51)55/h7-9,12-16,18-23,27-28,30,32,39,43,45,54H,5-6,10-11,17,24-26,29,31H2,1-4H3/t32-,39?,43+,45-,47+/m1/s1. The summed E-state index contributed by atoms with van der Waals surface area (Å²) in [6.07, 6.45) is 6.35. The maximum absolute atomic E-state index is 15.5. The van der Waals surface area contributed by atoms with E-state index in [9.17, 15) is 20.0 Å². The predicted molar refractivity (Wildman–Crippen MR) is 236 cm³/mol. The first-order valence-corrected chi connectivity index (χ1v) is 24.4. The number of amides is 2. The van der Waals surface area contributed by atoms with Gasteiger partial charge in [0.05, 0.1) is 56.7 Å². The Balaban J connectivity index is 1.16. The largest absolute Gasteiger partial charge is 0.497 e. The van der Waals surface area contributed by atoms with Gasteiger partial charge in [-0.2, -0.15) is 0 Å². The maximum Gasteiger partial charge on any atom is 0.269 e. The van der Waals surface area contributed by atoms with Crippen molar-refractivity contribution in [2.75, 3.05) is 30.1 Å². The number of nitrogens with zero attached hydrogens (tertiary/aromatic N) is 6. The van der Waals surface area contributed by atoms with Crippen molar-refractivity contribution < 1.29 is 29.1 Å². The number of hydrogen-bond acceptors (Lipinski definition) is 9. The molecule has 3 aliphatic heterocycles. The highest BCUT2D eigenvalue weighted by Gasteiger charge is 2.66. The zero-order chi connectivity index (χ0) is 42.9. The van der Waals surface area contributed by atoms with Crippen LogP contribution in [-0.4, -0.2) is 71.3 Å². The Morgan fingerprint density at radius 1 is 0.984 bits per heavy atom. The van der Waals surface area contributed by atoms with Gasteiger partial charge in [-0.25, -0.2) is 0 Å². The van der Waals surface area contributed by atoms with E-state index in [4.69, 9.17) is 9.47 Å². The fourth-order valence-electron chi connectivity index (χ4n) is 10.2. The number of rotatable bonds is 13. The van der Waals surface area contributed by atoms with E-state index >= 15 is 4.79 Å². The van der Waals surface area contributed by atoms with E-state index < -0.39 is 24.7 Å². The monoisotopic (exact) mass is 842 g/mol. The fourth-order valence-corrected chi connectivity index (χ4v) is 14.2. The smallest absolute Gasteiger partial charge is 0.269 e. The molecule has 2 saturated heterocycles. The van der Waals surface area contributed by atoms with Gasteiger partial charge in [0.25, 0.3) is 11.6 Å². The molecule has 5 atom stereocenters. The first kappa shape index (κ1) is 42.0. The number of ether oxygens (including phenoxy) is 2. The van der Waals surface area contributed by atoms with E-state index in [1.165, 1.54) is 17.3 Å². The lowest BCUT2D eigenvalue weighted by Crippen LogP contribution is -2.51. The van der Waals surface area contributed by atoms with Gasteiger partial charge in [-0.05, 0) is 66.3 Å². The summed E-state index contributed by atoms with van der Waals surface area (Å²) in [5.41, 5.74) is 2.58. The molecule has 2 fully saturated rings. The molecule has 1 N–H and O–H groups in total. The number of aryl methyl sites for hydroxylation is 1. The summed E-state index contributed by atoms with van der Waals surface area (Å²) in [6, 6.07) is 30.3. The Morgan fingerprint density at radius 2 is 1.75 bits per heavy atom. The van der Waals surface area contributed by atoms with Crippen molar-refractivity contribution in [2.24, 2.45) is 5.92 Å². The highest BCUT2D eigenvalue weighted by Crippen LogP contribution is 2.60. The van der Waals surface area contributed by atoms with Crippen LogP contribution in [0, 0.1) is 16.0 Å². The van der Waals surface area contributed by atoms with Gasteiger partial charge in [0.15, 0.2) is 5.60 Å². The van der Waals surface area contributed by atoms with Crippen LogP contribution >= 0.6 is 0 Å². The molecule has 1 aromatic heterocycles. The fraction of sp³-hybridized carbons (Fsp3) is 0.404. The van der Waals surface area contributed by atoms with E-state index in [1.807, 2.05) is 77.8 Å². The van der Waals surface area contributed by atoms with Crippen molar-refractivity contribution in [1.82, 2.24) is 15.0 Å². The van der Waals surface area contributed by atoms with E-state index in [1.54, 1.807) is 22.8 Å². The maximum atomic E-state index is 15.5. The van der Waals surface area contributed by atoms with Gasteiger partial charge in [-0.15, -0.1) is 5.10 Å². The molecular weight excluding hydrogens is 789 g/mol. The van der Waals surface area contributed by atoms with E-state index in [2.05, 4.69) is 42.5 Å². The van der Waals surface area contributed by atoms with Crippen molar-refractivity contribution in [3.05, 3.63) is 136 Å². The number of benzene rings is 4. The van der Waals surface area contributed by atoms with Crippen molar-refractivity contribution >= 4 is 42.1 Å². The second kappa shape index (κ2) is 17.3. The van der Waals surface area contributed by atoms with Crippen LogP contribution in [0.4, 0.5) is 17.1 Å². The normalized spacial score (nSPS) is 22.3. The first-order chi connectivity index (χ1) is 29.5. The van der Waals surface area contributed by atoms with Crippen LogP contribution in [0.15, 0.2) is 103 Å². The summed E-state index contributed by atoms with van der Waals surface area (Å²) in [6.45, 7) is 7.82. The molecule has 318 valence electrons. The molecule has 0 aliphatic carbocycles. The van der Waals surface area contributed by atoms with Crippen LogP contribution in [0.3, 0.4) is 0 Å². The third kappa shape index (κ3) is 7.88. The molecule has 0 bridgehead atoms. The number of aromatic nitrogens is 3. The number of fused-ring (bicyclic) bond motifs is 2. The predicted octanol–water partition coefficient (Wildman–Crippen LogP) is 7.47. The van der Waals surface area contributed by atoms with Crippen molar-refractivity contribution in [3.63, 3.8) is 0 Å². The molecular formula is C47H54N6O7Si. The lowest BCUT2D eigenvalue weighted by molar-refractivity contribution is -0.385. The van der Waals surface area contributed by atoms with Crippen LogP contribution in [0.2, 0.25) is 18.6 Å². The second-order valence-corrected chi connectivity index (χ2v) is 21.9. The molecule has 13 nitrogen and oxygen atoms in total. The topological polar surface area (TPSA) is 153 Å². The zero-order valence-corrected chi connectivity index (χ0v) is 36.3. The Kier molecular flexibility index (Phi) is 11.9. The van der Waals surface area contributed by atoms with Crippen molar-refractivity contribution in [3.8, 4) is 5.75 Å². The number of aliphatic hydroxyl groups excluding tert-OH is 1. The Bertz CT molecular complexity index is 2390. The number of carbonyl (C=O) groups excluding carboxylic acids is 2. The van der Waals surface area contributed by atoms with Gasteiger partial charge in [0.1, 0.15) is 5.75 Å². The molecule has 61 heavy (non-hydrogen) atoms. The number of nitro groups is 1. The summed E-state index contributed by atoms with van der Waals surface area (Å²) in [5, 5.41) is 32.8. The number of carbonyl (C=O) groups is 2. The average Bonchev–Trinajstić information content (AvgIpc) is 3.92. The van der Waals surface area contributed by atoms with Crippen LogP contribution in [0.25, 0.3) is 0 Å². The van der Waals surface area contributed by atoms with Gasteiger partial charge >= 0.3 is 0 Å².